The smallest absolute Gasteiger partial charge is 0.164 e. The highest BCUT2D eigenvalue weighted by Crippen LogP contribution is 2.39. The molecule has 0 spiro atoms. The number of benzene rings is 9. The molecule has 0 saturated heterocycles. The largest absolute Gasteiger partial charge is 0.208 e. The molecule has 1 aromatic heterocycles. The van der Waals surface area contributed by atoms with Gasteiger partial charge in [-0.2, -0.15) is 0 Å². The van der Waals surface area contributed by atoms with Crippen molar-refractivity contribution in [2.45, 2.75) is 0 Å². The summed E-state index contributed by atoms with van der Waals surface area (Å²) >= 11 is 0. The third-order valence-electron chi connectivity index (χ3n) is 9.88. The number of fused-ring (bicyclic) bond motifs is 7. The molecule has 0 aliphatic rings. The summed E-state index contributed by atoms with van der Waals surface area (Å²) in [5.74, 6) is 1.95. The van der Waals surface area contributed by atoms with Gasteiger partial charge in [-0.3, -0.25) is 0 Å². The second kappa shape index (κ2) is 11.5. The van der Waals surface area contributed by atoms with E-state index in [1.165, 1.54) is 37.7 Å². The maximum Gasteiger partial charge on any atom is 0.164 e. The quantitative estimate of drug-likeness (QED) is 0.181. The van der Waals surface area contributed by atoms with Crippen LogP contribution in [-0.2, 0) is 0 Å². The van der Waals surface area contributed by atoms with Crippen molar-refractivity contribution in [2.24, 2.45) is 0 Å². The second-order valence-electron chi connectivity index (χ2n) is 12.8. The first-order valence-corrected chi connectivity index (χ1v) is 16.9. The molecule has 0 aliphatic carbocycles. The average molecular weight is 636 g/mol. The van der Waals surface area contributed by atoms with Crippen LogP contribution in [0.25, 0.3) is 99.2 Å². The Labute approximate surface area is 289 Å². The Morgan fingerprint density at radius 3 is 1.64 bits per heavy atom. The Balaban J connectivity index is 1.20. The summed E-state index contributed by atoms with van der Waals surface area (Å²) < 4.78 is 0. The topological polar surface area (TPSA) is 38.7 Å². The minimum atomic E-state index is 0.651. The molecule has 3 heteroatoms. The summed E-state index contributed by atoms with van der Waals surface area (Å²) in [6, 6.07) is 62.4. The Bertz CT molecular complexity index is 2920. The van der Waals surface area contributed by atoms with Crippen LogP contribution in [-0.4, -0.2) is 15.0 Å². The molecular formula is C47H29N3. The van der Waals surface area contributed by atoms with Gasteiger partial charge in [-0.1, -0.05) is 164 Å². The lowest BCUT2D eigenvalue weighted by molar-refractivity contribution is 1.08. The number of nitrogens with zero attached hydrogens (tertiary/aromatic N) is 3. The van der Waals surface area contributed by atoms with Crippen molar-refractivity contribution in [3.63, 3.8) is 0 Å². The van der Waals surface area contributed by atoms with Crippen molar-refractivity contribution >= 4 is 53.9 Å². The van der Waals surface area contributed by atoms with E-state index in [-0.39, 0.29) is 0 Å². The molecule has 0 saturated carbocycles. The molecule has 0 N–H and O–H groups in total. The standard InChI is InChI=1S/C47H29N3/c1-2-12-34(13-3-1)45-48-46(37-23-20-30-10-4-5-14-35(30)28-37)50-47(49-45)42-19-9-16-33-15-8-18-39(44(33)42)36-22-21-32-25-26-40-38-17-7-6-11-31(38)24-27-41(40)43(32)29-36/h1-29H. The van der Waals surface area contributed by atoms with Gasteiger partial charge in [0.05, 0.1) is 0 Å². The summed E-state index contributed by atoms with van der Waals surface area (Å²) in [4.78, 5) is 15.4. The molecule has 0 atom stereocenters. The molecule has 1 heterocycles. The van der Waals surface area contributed by atoms with Crippen LogP contribution in [0.5, 0.6) is 0 Å². The van der Waals surface area contributed by atoms with Crippen LogP contribution in [0.2, 0.25) is 0 Å². The summed E-state index contributed by atoms with van der Waals surface area (Å²) in [7, 11) is 0. The van der Waals surface area contributed by atoms with E-state index in [1.807, 2.05) is 18.2 Å². The van der Waals surface area contributed by atoms with Crippen LogP contribution in [0.1, 0.15) is 0 Å². The van der Waals surface area contributed by atoms with Crippen molar-refractivity contribution in [1.82, 2.24) is 15.0 Å². The number of aromatic nitrogens is 3. The number of hydrogen-bond acceptors (Lipinski definition) is 3. The summed E-state index contributed by atoms with van der Waals surface area (Å²) in [6.07, 6.45) is 0. The van der Waals surface area contributed by atoms with Gasteiger partial charge in [-0.05, 0) is 71.7 Å². The fraction of sp³-hybridized carbons (Fsp3) is 0. The van der Waals surface area contributed by atoms with Gasteiger partial charge in [-0.15, -0.1) is 0 Å². The molecule has 10 aromatic rings. The van der Waals surface area contributed by atoms with Crippen LogP contribution in [0.4, 0.5) is 0 Å². The predicted octanol–water partition coefficient (Wildman–Crippen LogP) is 12.3. The lowest BCUT2D eigenvalue weighted by Gasteiger charge is -2.14. The first kappa shape index (κ1) is 28.3. The normalized spacial score (nSPS) is 11.6. The molecule has 232 valence electrons. The van der Waals surface area contributed by atoms with Crippen molar-refractivity contribution in [3.05, 3.63) is 176 Å². The fourth-order valence-electron chi connectivity index (χ4n) is 7.42. The lowest BCUT2D eigenvalue weighted by atomic mass is 9.91. The van der Waals surface area contributed by atoms with E-state index in [0.717, 1.165) is 44.0 Å². The van der Waals surface area contributed by atoms with Gasteiger partial charge >= 0.3 is 0 Å². The molecule has 0 amide bonds. The van der Waals surface area contributed by atoms with Crippen molar-refractivity contribution < 1.29 is 0 Å². The van der Waals surface area contributed by atoms with Crippen molar-refractivity contribution in [1.29, 1.82) is 0 Å². The molecule has 9 aromatic carbocycles. The van der Waals surface area contributed by atoms with Gasteiger partial charge in [0.1, 0.15) is 0 Å². The first-order chi connectivity index (χ1) is 24.8. The van der Waals surface area contributed by atoms with Gasteiger partial charge < -0.3 is 0 Å². The summed E-state index contributed by atoms with van der Waals surface area (Å²) in [5.41, 5.74) is 5.19. The van der Waals surface area contributed by atoms with Gasteiger partial charge in [0.15, 0.2) is 17.5 Å². The minimum Gasteiger partial charge on any atom is -0.208 e. The van der Waals surface area contributed by atoms with E-state index >= 15 is 0 Å². The minimum absolute atomic E-state index is 0.651. The Morgan fingerprint density at radius 2 is 0.820 bits per heavy atom. The molecular weight excluding hydrogens is 607 g/mol. The zero-order valence-electron chi connectivity index (χ0n) is 27.1. The highest BCUT2D eigenvalue weighted by atomic mass is 15.0. The molecule has 50 heavy (non-hydrogen) atoms. The highest BCUT2D eigenvalue weighted by molar-refractivity contribution is 6.18. The Kier molecular flexibility index (Phi) is 6.49. The van der Waals surface area contributed by atoms with E-state index in [9.17, 15) is 0 Å². The molecule has 3 nitrogen and oxygen atoms in total. The number of hydrogen-bond donors (Lipinski definition) is 0. The average Bonchev–Trinajstić information content (AvgIpc) is 3.20. The van der Waals surface area contributed by atoms with Crippen LogP contribution in [0.3, 0.4) is 0 Å². The Hall–Kier alpha value is -6.71. The van der Waals surface area contributed by atoms with Crippen LogP contribution < -0.4 is 0 Å². The summed E-state index contributed by atoms with van der Waals surface area (Å²) in [5, 5.41) is 12.1. The molecule has 0 fully saturated rings. The van der Waals surface area contributed by atoms with Crippen LogP contribution in [0, 0.1) is 0 Å². The maximum atomic E-state index is 5.19. The van der Waals surface area contributed by atoms with Crippen molar-refractivity contribution in [3.8, 4) is 45.3 Å². The van der Waals surface area contributed by atoms with Crippen LogP contribution >= 0.6 is 0 Å². The van der Waals surface area contributed by atoms with E-state index in [2.05, 4.69) is 158 Å². The zero-order valence-corrected chi connectivity index (χ0v) is 27.1. The third kappa shape index (κ3) is 4.71. The Morgan fingerprint density at radius 1 is 0.260 bits per heavy atom. The predicted molar refractivity (Wildman–Crippen MR) is 209 cm³/mol. The van der Waals surface area contributed by atoms with E-state index in [4.69, 9.17) is 15.0 Å². The molecule has 0 radical (unpaired) electrons. The lowest BCUT2D eigenvalue weighted by Crippen LogP contribution is -2.01. The monoisotopic (exact) mass is 635 g/mol. The van der Waals surface area contributed by atoms with Crippen molar-refractivity contribution in [2.75, 3.05) is 0 Å². The third-order valence-corrected chi connectivity index (χ3v) is 9.88. The first-order valence-electron chi connectivity index (χ1n) is 16.9. The van der Waals surface area contributed by atoms with E-state index in [0.29, 0.717) is 17.5 Å². The number of rotatable bonds is 4. The SMILES string of the molecule is c1ccc(-c2nc(-c3ccc4ccccc4c3)nc(-c3cccc4cccc(-c5ccc6ccc7c8ccccc8ccc7c6c5)c34)n2)cc1. The molecule has 0 aliphatic heterocycles. The van der Waals surface area contributed by atoms with E-state index < -0.39 is 0 Å². The fourth-order valence-corrected chi connectivity index (χ4v) is 7.42. The molecule has 0 bridgehead atoms. The van der Waals surface area contributed by atoms with Gasteiger partial charge in [0.2, 0.25) is 0 Å². The van der Waals surface area contributed by atoms with Gasteiger partial charge in [0, 0.05) is 22.1 Å². The van der Waals surface area contributed by atoms with Crippen LogP contribution in [0.15, 0.2) is 176 Å². The van der Waals surface area contributed by atoms with E-state index in [1.54, 1.807) is 0 Å². The maximum absolute atomic E-state index is 5.19. The van der Waals surface area contributed by atoms with Gasteiger partial charge in [0.25, 0.3) is 0 Å². The zero-order chi connectivity index (χ0) is 33.0. The molecule has 0 unspecified atom stereocenters. The van der Waals surface area contributed by atoms with Gasteiger partial charge in [-0.25, -0.2) is 15.0 Å². The summed E-state index contributed by atoms with van der Waals surface area (Å²) in [6.45, 7) is 0. The highest BCUT2D eigenvalue weighted by Gasteiger charge is 2.17. The second-order valence-corrected chi connectivity index (χ2v) is 12.8. The molecule has 10 rings (SSSR count).